The first-order valence-electron chi connectivity index (χ1n) is 9.75. The van der Waals surface area contributed by atoms with Crippen LogP contribution in [0.4, 0.5) is 0 Å². The Morgan fingerprint density at radius 3 is 2.33 bits per heavy atom. The average Bonchev–Trinajstić information content (AvgIpc) is 2.78. The minimum absolute atomic E-state index is 0.0839. The van der Waals surface area contributed by atoms with Crippen molar-refractivity contribution in [3.63, 3.8) is 0 Å². The highest BCUT2D eigenvalue weighted by Crippen LogP contribution is 2.24. The molecule has 1 saturated heterocycles. The molecule has 0 aliphatic carbocycles. The zero-order chi connectivity index (χ0) is 21.2. The SMILES string of the molecule is O=S(=O)(NCC1CCN(S(=O)(=O)c2cccnc2)CC1)c1ccc2ccccc2c1. The molecule has 1 aliphatic heterocycles. The summed E-state index contributed by atoms with van der Waals surface area (Å²) >= 11 is 0. The first-order valence-corrected chi connectivity index (χ1v) is 12.7. The molecule has 0 amide bonds. The van der Waals surface area contributed by atoms with Gasteiger partial charge in [-0.3, -0.25) is 4.98 Å². The number of piperidine rings is 1. The van der Waals surface area contributed by atoms with Crippen LogP contribution in [0.25, 0.3) is 10.8 Å². The third-order valence-electron chi connectivity index (χ3n) is 5.44. The van der Waals surface area contributed by atoms with Crippen LogP contribution < -0.4 is 4.72 Å². The topological polar surface area (TPSA) is 96.4 Å². The van der Waals surface area contributed by atoms with Gasteiger partial charge in [0.05, 0.1) is 4.90 Å². The first-order chi connectivity index (χ1) is 14.4. The van der Waals surface area contributed by atoms with Crippen molar-refractivity contribution in [2.45, 2.75) is 22.6 Å². The summed E-state index contributed by atoms with van der Waals surface area (Å²) in [5, 5.41) is 1.85. The molecule has 0 spiro atoms. The zero-order valence-electron chi connectivity index (χ0n) is 16.3. The fourth-order valence-corrected chi connectivity index (χ4v) is 6.23. The van der Waals surface area contributed by atoms with Crippen LogP contribution in [0.15, 0.2) is 76.8 Å². The van der Waals surface area contributed by atoms with Crippen molar-refractivity contribution in [3.8, 4) is 0 Å². The molecule has 0 saturated carbocycles. The minimum Gasteiger partial charge on any atom is -0.263 e. The van der Waals surface area contributed by atoms with Gasteiger partial charge in [0.25, 0.3) is 0 Å². The molecule has 1 aliphatic rings. The van der Waals surface area contributed by atoms with E-state index in [1.54, 1.807) is 24.3 Å². The van der Waals surface area contributed by atoms with Crippen LogP contribution in [-0.4, -0.2) is 45.8 Å². The minimum atomic E-state index is -3.63. The van der Waals surface area contributed by atoms with Crippen LogP contribution in [0, 0.1) is 5.92 Å². The molecule has 158 valence electrons. The molecule has 0 bridgehead atoms. The number of pyridine rings is 1. The number of nitrogens with one attached hydrogen (secondary N) is 1. The summed E-state index contributed by atoms with van der Waals surface area (Å²) in [6.07, 6.45) is 4.07. The predicted octanol–water partition coefficient (Wildman–Crippen LogP) is 2.61. The number of nitrogens with zero attached hydrogens (tertiary/aromatic N) is 2. The number of rotatable bonds is 6. The normalized spacial score (nSPS) is 16.7. The fourth-order valence-electron chi connectivity index (χ4n) is 3.65. The van der Waals surface area contributed by atoms with Gasteiger partial charge in [-0.05, 0) is 53.8 Å². The van der Waals surface area contributed by atoms with Crippen molar-refractivity contribution in [2.75, 3.05) is 19.6 Å². The van der Waals surface area contributed by atoms with Gasteiger partial charge in [0.2, 0.25) is 20.0 Å². The van der Waals surface area contributed by atoms with Crippen LogP contribution in [0.5, 0.6) is 0 Å². The second-order valence-corrected chi connectivity index (χ2v) is 11.1. The van der Waals surface area contributed by atoms with Crippen LogP contribution in [0.3, 0.4) is 0 Å². The molecule has 1 aromatic heterocycles. The van der Waals surface area contributed by atoms with E-state index in [0.717, 1.165) is 10.8 Å². The fraction of sp³-hybridized carbons (Fsp3) is 0.286. The number of benzene rings is 2. The van der Waals surface area contributed by atoms with Crippen molar-refractivity contribution in [3.05, 3.63) is 67.0 Å². The highest BCUT2D eigenvalue weighted by molar-refractivity contribution is 7.89. The molecule has 30 heavy (non-hydrogen) atoms. The molecular formula is C21H23N3O4S2. The van der Waals surface area contributed by atoms with Gasteiger partial charge in [-0.2, -0.15) is 4.31 Å². The largest absolute Gasteiger partial charge is 0.263 e. The molecule has 9 heteroatoms. The van der Waals surface area contributed by atoms with Gasteiger partial charge in [0, 0.05) is 32.0 Å². The van der Waals surface area contributed by atoms with E-state index in [4.69, 9.17) is 0 Å². The molecule has 3 aromatic rings. The third kappa shape index (κ3) is 4.39. The molecule has 1 N–H and O–H groups in total. The maximum absolute atomic E-state index is 12.7. The molecule has 2 aromatic carbocycles. The lowest BCUT2D eigenvalue weighted by Gasteiger charge is -2.31. The molecule has 7 nitrogen and oxygen atoms in total. The van der Waals surface area contributed by atoms with Gasteiger partial charge in [0.1, 0.15) is 4.90 Å². The molecular weight excluding hydrogens is 422 g/mol. The van der Waals surface area contributed by atoms with Gasteiger partial charge in [-0.25, -0.2) is 21.6 Å². The smallest absolute Gasteiger partial charge is 0.244 e. The Balaban J connectivity index is 1.37. The molecule has 1 fully saturated rings. The number of hydrogen-bond acceptors (Lipinski definition) is 5. The van der Waals surface area contributed by atoms with E-state index in [1.807, 2.05) is 24.3 Å². The number of sulfonamides is 2. The van der Waals surface area contributed by atoms with Crippen molar-refractivity contribution in [1.29, 1.82) is 0 Å². The van der Waals surface area contributed by atoms with Crippen LogP contribution in [0.1, 0.15) is 12.8 Å². The van der Waals surface area contributed by atoms with Crippen LogP contribution >= 0.6 is 0 Å². The third-order valence-corrected chi connectivity index (χ3v) is 8.74. The van der Waals surface area contributed by atoms with Crippen molar-refractivity contribution in [2.24, 2.45) is 5.92 Å². The number of hydrogen-bond donors (Lipinski definition) is 1. The summed E-state index contributed by atoms with van der Waals surface area (Å²) in [7, 11) is -7.19. The predicted molar refractivity (Wildman–Crippen MR) is 115 cm³/mol. The van der Waals surface area contributed by atoms with E-state index in [2.05, 4.69) is 9.71 Å². The lowest BCUT2D eigenvalue weighted by molar-refractivity contribution is 0.274. The summed E-state index contributed by atoms with van der Waals surface area (Å²) in [4.78, 5) is 4.30. The van der Waals surface area contributed by atoms with Gasteiger partial charge in [-0.1, -0.05) is 30.3 Å². The van der Waals surface area contributed by atoms with Crippen LogP contribution in [0.2, 0.25) is 0 Å². The molecule has 2 heterocycles. The number of aromatic nitrogens is 1. The van der Waals surface area contributed by atoms with E-state index < -0.39 is 20.0 Å². The first kappa shape index (κ1) is 20.9. The van der Waals surface area contributed by atoms with E-state index >= 15 is 0 Å². The second kappa shape index (κ2) is 8.43. The molecule has 0 unspecified atom stereocenters. The Labute approximate surface area is 176 Å². The van der Waals surface area contributed by atoms with Crippen molar-refractivity contribution >= 4 is 30.8 Å². The average molecular weight is 446 g/mol. The summed E-state index contributed by atoms with van der Waals surface area (Å²) in [6, 6.07) is 15.8. The zero-order valence-corrected chi connectivity index (χ0v) is 17.9. The Kier molecular flexibility index (Phi) is 5.88. The maximum atomic E-state index is 12.7. The van der Waals surface area contributed by atoms with Gasteiger partial charge in [0.15, 0.2) is 0 Å². The van der Waals surface area contributed by atoms with E-state index in [-0.39, 0.29) is 22.3 Å². The summed E-state index contributed by atoms with van der Waals surface area (Å²) in [5.74, 6) is 0.0839. The summed E-state index contributed by atoms with van der Waals surface area (Å²) in [6.45, 7) is 1.01. The Hall–Kier alpha value is -2.33. The number of fused-ring (bicyclic) bond motifs is 1. The lowest BCUT2D eigenvalue weighted by Crippen LogP contribution is -2.41. The van der Waals surface area contributed by atoms with E-state index in [9.17, 15) is 16.8 Å². The standard InChI is InChI=1S/C21H23N3O4S2/c25-29(26,20-8-7-18-4-1-2-5-19(18)14-20)23-15-17-9-12-24(13-10-17)30(27,28)21-6-3-11-22-16-21/h1-8,11,14,16-17,23H,9-10,12-13,15H2. The van der Waals surface area contributed by atoms with Crippen LogP contribution in [-0.2, 0) is 20.0 Å². The molecule has 4 rings (SSSR count). The molecule has 0 atom stereocenters. The van der Waals surface area contributed by atoms with Gasteiger partial charge < -0.3 is 0 Å². The summed E-state index contributed by atoms with van der Waals surface area (Å²) < 4.78 is 54.9. The highest BCUT2D eigenvalue weighted by atomic mass is 32.2. The van der Waals surface area contributed by atoms with Gasteiger partial charge in [-0.15, -0.1) is 0 Å². The maximum Gasteiger partial charge on any atom is 0.244 e. The Morgan fingerprint density at radius 1 is 0.900 bits per heavy atom. The van der Waals surface area contributed by atoms with Crippen molar-refractivity contribution < 1.29 is 16.8 Å². The summed E-state index contributed by atoms with van der Waals surface area (Å²) in [5.41, 5.74) is 0. The molecule has 0 radical (unpaired) electrons. The van der Waals surface area contributed by atoms with E-state index in [1.165, 1.54) is 22.8 Å². The monoisotopic (exact) mass is 445 g/mol. The van der Waals surface area contributed by atoms with Crippen molar-refractivity contribution in [1.82, 2.24) is 14.0 Å². The second-order valence-electron chi connectivity index (χ2n) is 7.40. The Morgan fingerprint density at radius 2 is 1.63 bits per heavy atom. The lowest BCUT2D eigenvalue weighted by atomic mass is 9.99. The highest BCUT2D eigenvalue weighted by Gasteiger charge is 2.30. The quantitative estimate of drug-likeness (QED) is 0.629. The van der Waals surface area contributed by atoms with E-state index in [0.29, 0.717) is 25.9 Å². The van der Waals surface area contributed by atoms with Gasteiger partial charge >= 0.3 is 0 Å². The Bertz CT molecular complexity index is 1240.